The second-order valence-electron chi connectivity index (χ2n) is 3.37. The lowest BCUT2D eigenvalue weighted by Crippen LogP contribution is -2.23. The number of benzene rings is 1. The topological polar surface area (TPSA) is 72.2 Å². The summed E-state index contributed by atoms with van der Waals surface area (Å²) in [6.45, 7) is 2.58. The van der Waals surface area contributed by atoms with Crippen LogP contribution in [0.1, 0.15) is 5.56 Å². The van der Waals surface area contributed by atoms with E-state index in [-0.39, 0.29) is 11.4 Å². The van der Waals surface area contributed by atoms with E-state index in [1.54, 1.807) is 36.4 Å². The summed E-state index contributed by atoms with van der Waals surface area (Å²) in [4.78, 5) is 0.277. The van der Waals surface area contributed by atoms with E-state index < -0.39 is 10.0 Å². The molecule has 0 saturated heterocycles. The van der Waals surface area contributed by atoms with Crippen LogP contribution in [-0.2, 0) is 10.0 Å². The summed E-state index contributed by atoms with van der Waals surface area (Å²) in [5.41, 5.74) is 6.27. The summed E-state index contributed by atoms with van der Waals surface area (Å²) < 4.78 is 25.9. The Labute approximate surface area is 96.2 Å². The molecule has 4 nitrogen and oxygen atoms in total. The predicted octanol–water partition coefficient (Wildman–Crippen LogP) is 0.788. The van der Waals surface area contributed by atoms with Crippen molar-refractivity contribution in [3.8, 4) is 0 Å². The van der Waals surface area contributed by atoms with E-state index in [4.69, 9.17) is 5.73 Å². The molecule has 88 valence electrons. The molecular weight excluding hydrogens is 224 g/mol. The Morgan fingerprint density at radius 3 is 2.44 bits per heavy atom. The van der Waals surface area contributed by atoms with Gasteiger partial charge in [0.25, 0.3) is 0 Å². The Morgan fingerprint density at radius 2 is 1.88 bits per heavy atom. The smallest absolute Gasteiger partial charge is 0.240 e. The van der Waals surface area contributed by atoms with Gasteiger partial charge in [0.05, 0.1) is 4.90 Å². The number of nitrogens with one attached hydrogen (secondary N) is 1. The highest BCUT2D eigenvalue weighted by Gasteiger charge is 2.11. The first-order valence-corrected chi connectivity index (χ1v) is 6.46. The van der Waals surface area contributed by atoms with E-state index in [9.17, 15) is 8.42 Å². The van der Waals surface area contributed by atoms with Gasteiger partial charge < -0.3 is 5.73 Å². The van der Waals surface area contributed by atoms with Crippen LogP contribution >= 0.6 is 0 Å². The van der Waals surface area contributed by atoms with Crippen molar-refractivity contribution in [2.24, 2.45) is 5.73 Å². The molecule has 0 spiro atoms. The molecule has 0 atom stereocenters. The van der Waals surface area contributed by atoms with Crippen LogP contribution in [0.15, 0.2) is 41.3 Å². The maximum atomic E-state index is 11.7. The zero-order valence-electron chi connectivity index (χ0n) is 9.18. The number of sulfonamides is 1. The molecule has 0 radical (unpaired) electrons. The first kappa shape index (κ1) is 12.9. The SMILES string of the molecule is Cc1ccc(S(=O)(=O)NC/C=C/CN)cc1. The van der Waals surface area contributed by atoms with Crippen LogP contribution in [0.4, 0.5) is 0 Å². The Balaban J connectivity index is 2.71. The third kappa shape index (κ3) is 3.77. The fraction of sp³-hybridized carbons (Fsp3) is 0.273. The molecule has 0 fully saturated rings. The average molecular weight is 240 g/mol. The second kappa shape index (κ2) is 5.79. The minimum absolute atomic E-state index is 0.257. The van der Waals surface area contributed by atoms with Crippen molar-refractivity contribution < 1.29 is 8.42 Å². The summed E-state index contributed by atoms with van der Waals surface area (Å²) in [5.74, 6) is 0. The zero-order valence-corrected chi connectivity index (χ0v) is 10.00. The van der Waals surface area contributed by atoms with Crippen LogP contribution in [-0.4, -0.2) is 21.5 Å². The van der Waals surface area contributed by atoms with Gasteiger partial charge in [0.1, 0.15) is 0 Å². The normalized spacial score (nSPS) is 12.1. The third-order valence-corrected chi connectivity index (χ3v) is 3.46. The van der Waals surface area contributed by atoms with Gasteiger partial charge in [-0.1, -0.05) is 29.8 Å². The summed E-state index contributed by atoms with van der Waals surface area (Å²) in [6, 6.07) is 6.71. The van der Waals surface area contributed by atoms with E-state index in [1.165, 1.54) is 0 Å². The summed E-state index contributed by atoms with van der Waals surface area (Å²) in [6.07, 6.45) is 3.39. The molecule has 0 bridgehead atoms. The van der Waals surface area contributed by atoms with Crippen LogP contribution in [0.3, 0.4) is 0 Å². The average Bonchev–Trinajstić information content (AvgIpc) is 2.25. The van der Waals surface area contributed by atoms with Crippen molar-refractivity contribution in [3.05, 3.63) is 42.0 Å². The van der Waals surface area contributed by atoms with Gasteiger partial charge in [0.2, 0.25) is 10.0 Å². The molecule has 3 N–H and O–H groups in total. The maximum absolute atomic E-state index is 11.7. The van der Waals surface area contributed by atoms with Crippen LogP contribution in [0, 0.1) is 6.92 Å². The molecular formula is C11H16N2O2S. The van der Waals surface area contributed by atoms with E-state index in [2.05, 4.69) is 4.72 Å². The monoisotopic (exact) mass is 240 g/mol. The molecule has 0 aliphatic rings. The third-order valence-electron chi connectivity index (χ3n) is 2.03. The number of aryl methyl sites for hydroxylation is 1. The quantitative estimate of drug-likeness (QED) is 0.747. The van der Waals surface area contributed by atoms with Gasteiger partial charge in [0.15, 0.2) is 0 Å². The summed E-state index contributed by atoms with van der Waals surface area (Å²) in [7, 11) is -3.40. The molecule has 0 heterocycles. The van der Waals surface area contributed by atoms with Gasteiger partial charge in [0, 0.05) is 13.1 Å². The van der Waals surface area contributed by atoms with E-state index in [1.807, 2.05) is 6.92 Å². The molecule has 0 saturated carbocycles. The van der Waals surface area contributed by atoms with Crippen molar-refractivity contribution in [3.63, 3.8) is 0 Å². The molecule has 1 rings (SSSR count). The lowest BCUT2D eigenvalue weighted by atomic mass is 10.2. The fourth-order valence-electron chi connectivity index (χ4n) is 1.14. The highest BCUT2D eigenvalue weighted by atomic mass is 32.2. The lowest BCUT2D eigenvalue weighted by molar-refractivity contribution is 0.585. The van der Waals surface area contributed by atoms with Gasteiger partial charge in [-0.25, -0.2) is 13.1 Å². The lowest BCUT2D eigenvalue weighted by Gasteiger charge is -2.04. The fourth-order valence-corrected chi connectivity index (χ4v) is 2.11. The molecule has 0 aromatic heterocycles. The van der Waals surface area contributed by atoms with Gasteiger partial charge >= 0.3 is 0 Å². The predicted molar refractivity (Wildman–Crippen MR) is 64.6 cm³/mol. The Bertz CT molecular complexity index is 449. The van der Waals surface area contributed by atoms with Gasteiger partial charge in [-0.15, -0.1) is 0 Å². The van der Waals surface area contributed by atoms with E-state index in [0.717, 1.165) is 5.56 Å². The minimum atomic E-state index is -3.40. The molecule has 0 amide bonds. The Hall–Kier alpha value is -1.17. The van der Waals surface area contributed by atoms with E-state index in [0.29, 0.717) is 6.54 Å². The number of nitrogens with two attached hydrogens (primary N) is 1. The van der Waals surface area contributed by atoms with Gasteiger partial charge in [-0.2, -0.15) is 0 Å². The summed E-state index contributed by atoms with van der Waals surface area (Å²) >= 11 is 0. The molecule has 5 heteroatoms. The minimum Gasteiger partial charge on any atom is -0.327 e. The van der Waals surface area contributed by atoms with Crippen LogP contribution < -0.4 is 10.5 Å². The van der Waals surface area contributed by atoms with E-state index >= 15 is 0 Å². The van der Waals surface area contributed by atoms with Crippen LogP contribution in [0.2, 0.25) is 0 Å². The van der Waals surface area contributed by atoms with Crippen molar-refractivity contribution >= 4 is 10.0 Å². The highest BCUT2D eigenvalue weighted by Crippen LogP contribution is 2.09. The molecule has 1 aromatic carbocycles. The van der Waals surface area contributed by atoms with Crippen LogP contribution in [0.25, 0.3) is 0 Å². The first-order valence-electron chi connectivity index (χ1n) is 4.97. The van der Waals surface area contributed by atoms with Crippen LogP contribution in [0.5, 0.6) is 0 Å². The van der Waals surface area contributed by atoms with Gasteiger partial charge in [-0.05, 0) is 19.1 Å². The molecule has 0 aliphatic carbocycles. The Morgan fingerprint density at radius 1 is 1.25 bits per heavy atom. The largest absolute Gasteiger partial charge is 0.327 e. The molecule has 16 heavy (non-hydrogen) atoms. The van der Waals surface area contributed by atoms with Crippen molar-refractivity contribution in [2.75, 3.05) is 13.1 Å². The van der Waals surface area contributed by atoms with Gasteiger partial charge in [-0.3, -0.25) is 0 Å². The van der Waals surface area contributed by atoms with Crippen molar-refractivity contribution in [2.45, 2.75) is 11.8 Å². The Kier molecular flexibility index (Phi) is 4.67. The molecule has 1 aromatic rings. The zero-order chi connectivity index (χ0) is 12.0. The first-order chi connectivity index (χ1) is 7.56. The molecule has 0 aliphatic heterocycles. The standard InChI is InChI=1S/C11H16N2O2S/c1-10-4-6-11(7-5-10)16(14,15)13-9-3-2-8-12/h2-7,13H,8-9,12H2,1H3/b3-2+. The number of hydrogen-bond acceptors (Lipinski definition) is 3. The maximum Gasteiger partial charge on any atom is 0.240 e. The van der Waals surface area contributed by atoms with Crippen molar-refractivity contribution in [1.29, 1.82) is 0 Å². The number of hydrogen-bond donors (Lipinski definition) is 2. The highest BCUT2D eigenvalue weighted by molar-refractivity contribution is 7.89. The van der Waals surface area contributed by atoms with Crippen molar-refractivity contribution in [1.82, 2.24) is 4.72 Å². The molecule has 0 unspecified atom stereocenters. The summed E-state index contributed by atoms with van der Waals surface area (Å²) in [5, 5.41) is 0. The number of rotatable bonds is 5. The second-order valence-corrected chi connectivity index (χ2v) is 5.14.